The second-order valence-corrected chi connectivity index (χ2v) is 4.69. The second-order valence-electron chi connectivity index (χ2n) is 3.78. The Balaban J connectivity index is 1.95. The molecular weight excluding hydrogens is 282 g/mol. The van der Waals surface area contributed by atoms with E-state index < -0.39 is 0 Å². The van der Waals surface area contributed by atoms with Crippen LogP contribution in [-0.4, -0.2) is 33.4 Å². The summed E-state index contributed by atoms with van der Waals surface area (Å²) in [5.41, 5.74) is 1.21. The van der Waals surface area contributed by atoms with Crippen LogP contribution in [0.4, 0.5) is 0 Å². The fraction of sp³-hybridized carbons (Fsp3) is 0.538. The first-order valence-electron chi connectivity index (χ1n) is 5.85. The number of methoxy groups -OCH3 is 1. The first kappa shape index (κ1) is 14.6. The summed E-state index contributed by atoms with van der Waals surface area (Å²) in [7, 11) is 1.71. The summed E-state index contributed by atoms with van der Waals surface area (Å²) in [4.78, 5) is 0. The highest BCUT2D eigenvalue weighted by Gasteiger charge is 1.94. The highest BCUT2D eigenvalue weighted by atomic mass is 79.9. The van der Waals surface area contributed by atoms with Crippen molar-refractivity contribution in [3.8, 4) is 0 Å². The van der Waals surface area contributed by atoms with Crippen molar-refractivity contribution in [2.75, 3.05) is 33.4 Å². The molecule has 0 heterocycles. The van der Waals surface area contributed by atoms with Crippen molar-refractivity contribution in [3.63, 3.8) is 0 Å². The highest BCUT2D eigenvalue weighted by Crippen LogP contribution is 2.11. The van der Waals surface area contributed by atoms with Gasteiger partial charge >= 0.3 is 0 Å². The van der Waals surface area contributed by atoms with Gasteiger partial charge < -0.3 is 14.8 Å². The second kappa shape index (κ2) is 9.59. The number of halogens is 1. The van der Waals surface area contributed by atoms with Crippen molar-refractivity contribution in [2.24, 2.45) is 0 Å². The van der Waals surface area contributed by atoms with Gasteiger partial charge in [0.25, 0.3) is 0 Å². The van der Waals surface area contributed by atoms with E-state index in [1.807, 2.05) is 12.1 Å². The molecule has 4 heteroatoms. The molecule has 1 N–H and O–H groups in total. The van der Waals surface area contributed by atoms with Gasteiger partial charge in [-0.25, -0.2) is 0 Å². The van der Waals surface area contributed by atoms with E-state index in [4.69, 9.17) is 9.47 Å². The maximum atomic E-state index is 5.58. The smallest absolute Gasteiger partial charge is 0.0716 e. The zero-order valence-corrected chi connectivity index (χ0v) is 11.8. The van der Waals surface area contributed by atoms with Crippen LogP contribution < -0.4 is 5.32 Å². The van der Waals surface area contributed by atoms with Crippen molar-refractivity contribution >= 4 is 15.9 Å². The van der Waals surface area contributed by atoms with Crippen molar-refractivity contribution in [1.82, 2.24) is 5.32 Å². The van der Waals surface area contributed by atoms with Gasteiger partial charge in [0.05, 0.1) is 13.2 Å². The fourth-order valence-corrected chi connectivity index (χ4v) is 1.63. The Bertz CT molecular complexity index is 290. The molecule has 17 heavy (non-hydrogen) atoms. The van der Waals surface area contributed by atoms with Crippen LogP contribution in [-0.2, 0) is 16.1 Å². The van der Waals surface area contributed by atoms with E-state index in [9.17, 15) is 0 Å². The third-order valence-electron chi connectivity index (χ3n) is 2.31. The van der Waals surface area contributed by atoms with Crippen molar-refractivity contribution in [1.29, 1.82) is 0 Å². The molecule has 1 aromatic carbocycles. The van der Waals surface area contributed by atoms with Gasteiger partial charge in [-0.3, -0.25) is 0 Å². The largest absolute Gasteiger partial charge is 0.383 e. The zero-order valence-electron chi connectivity index (χ0n) is 10.2. The Kier molecular flexibility index (Phi) is 8.26. The van der Waals surface area contributed by atoms with E-state index in [0.29, 0.717) is 6.61 Å². The van der Waals surface area contributed by atoms with Crippen molar-refractivity contribution < 1.29 is 9.47 Å². The summed E-state index contributed by atoms with van der Waals surface area (Å²) in [6, 6.07) is 8.21. The Morgan fingerprint density at radius 2 is 1.88 bits per heavy atom. The molecule has 0 aliphatic rings. The fourth-order valence-electron chi connectivity index (χ4n) is 1.37. The lowest BCUT2D eigenvalue weighted by Gasteiger charge is -2.06. The Hall–Kier alpha value is -0.420. The molecule has 1 aromatic rings. The van der Waals surface area contributed by atoms with E-state index in [1.54, 1.807) is 7.11 Å². The maximum Gasteiger partial charge on any atom is 0.0716 e. The minimum Gasteiger partial charge on any atom is -0.383 e. The molecule has 0 saturated carbocycles. The van der Waals surface area contributed by atoms with Gasteiger partial charge in [-0.15, -0.1) is 0 Å². The standard InChI is InChI=1S/C13H20BrNO2/c1-16-10-8-15-7-2-9-17-11-12-3-5-13(14)6-4-12/h3-6,15H,2,7-11H2,1H3. The van der Waals surface area contributed by atoms with E-state index in [-0.39, 0.29) is 0 Å². The summed E-state index contributed by atoms with van der Waals surface area (Å²) in [6.07, 6.45) is 1.03. The molecule has 0 unspecified atom stereocenters. The molecule has 0 bridgehead atoms. The van der Waals surface area contributed by atoms with Crippen LogP contribution in [0.25, 0.3) is 0 Å². The molecule has 0 aliphatic heterocycles. The summed E-state index contributed by atoms with van der Waals surface area (Å²) in [5, 5.41) is 3.28. The molecule has 1 rings (SSSR count). The Morgan fingerprint density at radius 3 is 2.59 bits per heavy atom. The van der Waals surface area contributed by atoms with Crippen LogP contribution >= 0.6 is 15.9 Å². The minimum absolute atomic E-state index is 0.686. The third-order valence-corrected chi connectivity index (χ3v) is 2.84. The normalized spacial score (nSPS) is 10.7. The minimum atomic E-state index is 0.686. The molecule has 0 aliphatic carbocycles. The summed E-state index contributed by atoms with van der Waals surface area (Å²) in [5.74, 6) is 0. The number of rotatable bonds is 9. The molecular formula is C13H20BrNO2. The number of benzene rings is 1. The van der Waals surface area contributed by atoms with E-state index in [2.05, 4.69) is 33.4 Å². The molecule has 0 spiro atoms. The van der Waals surface area contributed by atoms with Gasteiger partial charge in [-0.1, -0.05) is 28.1 Å². The molecule has 3 nitrogen and oxygen atoms in total. The first-order valence-corrected chi connectivity index (χ1v) is 6.64. The van der Waals surface area contributed by atoms with Gasteiger partial charge in [0.1, 0.15) is 0 Å². The van der Waals surface area contributed by atoms with Crippen molar-refractivity contribution in [3.05, 3.63) is 34.3 Å². The van der Waals surface area contributed by atoms with Gasteiger partial charge in [0.15, 0.2) is 0 Å². The Labute approximate surface area is 112 Å². The number of hydrogen-bond acceptors (Lipinski definition) is 3. The summed E-state index contributed by atoms with van der Waals surface area (Å²) < 4.78 is 11.6. The highest BCUT2D eigenvalue weighted by molar-refractivity contribution is 9.10. The molecule has 96 valence electrons. The summed E-state index contributed by atoms with van der Waals surface area (Å²) >= 11 is 3.41. The first-order chi connectivity index (χ1) is 8.33. The van der Waals surface area contributed by atoms with Crippen LogP contribution in [0.2, 0.25) is 0 Å². The van der Waals surface area contributed by atoms with Crippen LogP contribution in [0.3, 0.4) is 0 Å². The van der Waals surface area contributed by atoms with Crippen LogP contribution in [0, 0.1) is 0 Å². The lowest BCUT2D eigenvalue weighted by molar-refractivity contribution is 0.117. The number of ether oxygens (including phenoxy) is 2. The monoisotopic (exact) mass is 301 g/mol. The lowest BCUT2D eigenvalue weighted by Crippen LogP contribution is -2.21. The molecule has 0 saturated heterocycles. The van der Waals surface area contributed by atoms with Gasteiger partial charge in [-0.2, -0.15) is 0 Å². The lowest BCUT2D eigenvalue weighted by atomic mass is 10.2. The predicted octanol–water partition coefficient (Wildman–Crippen LogP) is 2.59. The van der Waals surface area contributed by atoms with E-state index in [0.717, 1.165) is 37.2 Å². The SMILES string of the molecule is COCCNCCCOCc1ccc(Br)cc1. The maximum absolute atomic E-state index is 5.58. The molecule has 0 aromatic heterocycles. The van der Waals surface area contributed by atoms with Crippen LogP contribution in [0.15, 0.2) is 28.7 Å². The average Bonchev–Trinajstić information content (AvgIpc) is 2.35. The van der Waals surface area contributed by atoms with Crippen LogP contribution in [0.5, 0.6) is 0 Å². The number of hydrogen-bond donors (Lipinski definition) is 1. The Morgan fingerprint density at radius 1 is 1.12 bits per heavy atom. The van der Waals surface area contributed by atoms with Crippen molar-refractivity contribution in [2.45, 2.75) is 13.0 Å². The third kappa shape index (κ3) is 7.49. The van der Waals surface area contributed by atoms with Gasteiger partial charge in [0.2, 0.25) is 0 Å². The molecule has 0 fully saturated rings. The summed E-state index contributed by atoms with van der Waals surface area (Å²) in [6.45, 7) is 4.12. The van der Waals surface area contributed by atoms with E-state index >= 15 is 0 Å². The van der Waals surface area contributed by atoms with E-state index in [1.165, 1.54) is 5.56 Å². The molecule has 0 radical (unpaired) electrons. The predicted molar refractivity (Wildman–Crippen MR) is 73.2 cm³/mol. The van der Waals surface area contributed by atoms with Gasteiger partial charge in [0, 0.05) is 24.7 Å². The molecule has 0 atom stereocenters. The van der Waals surface area contributed by atoms with Gasteiger partial charge in [-0.05, 0) is 30.7 Å². The number of nitrogens with one attached hydrogen (secondary N) is 1. The molecule has 0 amide bonds. The zero-order chi connectivity index (χ0) is 12.3. The topological polar surface area (TPSA) is 30.5 Å². The van der Waals surface area contributed by atoms with Crippen LogP contribution in [0.1, 0.15) is 12.0 Å². The quantitative estimate of drug-likeness (QED) is 0.711. The average molecular weight is 302 g/mol.